The summed E-state index contributed by atoms with van der Waals surface area (Å²) in [5.41, 5.74) is 0.574. The average Bonchev–Trinajstić information content (AvgIpc) is 2.67. The van der Waals surface area contributed by atoms with Gasteiger partial charge >= 0.3 is 5.97 Å². The Bertz CT molecular complexity index is 831. The SMILES string of the molecule is COc1cc(NC(=O)COC(=O)c2ccc(Cl)c(Cl)c2)cc(OC)c1OC. The van der Waals surface area contributed by atoms with E-state index in [1.165, 1.54) is 39.5 Å². The molecule has 0 aliphatic heterocycles. The smallest absolute Gasteiger partial charge is 0.338 e. The first-order chi connectivity index (χ1) is 12.9. The van der Waals surface area contributed by atoms with E-state index < -0.39 is 18.5 Å². The third-order valence-electron chi connectivity index (χ3n) is 3.44. The van der Waals surface area contributed by atoms with Crippen molar-refractivity contribution in [2.75, 3.05) is 33.3 Å². The van der Waals surface area contributed by atoms with Crippen LogP contribution in [-0.2, 0) is 9.53 Å². The van der Waals surface area contributed by atoms with E-state index in [9.17, 15) is 9.59 Å². The Morgan fingerprint density at radius 3 is 2.07 bits per heavy atom. The molecule has 0 atom stereocenters. The molecule has 0 aliphatic rings. The summed E-state index contributed by atoms with van der Waals surface area (Å²) in [6.07, 6.45) is 0. The Labute approximate surface area is 166 Å². The van der Waals surface area contributed by atoms with Crippen molar-refractivity contribution in [3.8, 4) is 17.2 Å². The molecule has 0 heterocycles. The number of carbonyl (C=O) groups excluding carboxylic acids is 2. The number of carbonyl (C=O) groups is 2. The van der Waals surface area contributed by atoms with Gasteiger partial charge in [-0.05, 0) is 18.2 Å². The molecule has 0 saturated carbocycles. The summed E-state index contributed by atoms with van der Waals surface area (Å²) in [7, 11) is 4.39. The predicted molar refractivity (Wildman–Crippen MR) is 101 cm³/mol. The molecule has 1 amide bonds. The number of ether oxygens (including phenoxy) is 4. The molecule has 0 spiro atoms. The highest BCUT2D eigenvalue weighted by Crippen LogP contribution is 2.39. The maximum Gasteiger partial charge on any atom is 0.338 e. The van der Waals surface area contributed by atoms with Crippen molar-refractivity contribution in [3.63, 3.8) is 0 Å². The molecule has 27 heavy (non-hydrogen) atoms. The zero-order valence-electron chi connectivity index (χ0n) is 14.8. The lowest BCUT2D eigenvalue weighted by Crippen LogP contribution is -2.21. The highest BCUT2D eigenvalue weighted by atomic mass is 35.5. The minimum atomic E-state index is -0.700. The highest BCUT2D eigenvalue weighted by molar-refractivity contribution is 6.42. The normalized spacial score (nSPS) is 10.1. The fourth-order valence-corrected chi connectivity index (χ4v) is 2.49. The molecule has 7 nitrogen and oxygen atoms in total. The van der Waals surface area contributed by atoms with Gasteiger partial charge in [-0.2, -0.15) is 0 Å². The van der Waals surface area contributed by atoms with E-state index >= 15 is 0 Å². The zero-order chi connectivity index (χ0) is 20.0. The third kappa shape index (κ3) is 5.18. The summed E-state index contributed by atoms with van der Waals surface area (Å²) in [4.78, 5) is 24.1. The van der Waals surface area contributed by atoms with Crippen molar-refractivity contribution < 1.29 is 28.5 Å². The molecule has 1 N–H and O–H groups in total. The first-order valence-corrected chi connectivity index (χ1v) is 8.37. The van der Waals surface area contributed by atoms with Crippen LogP contribution in [0.1, 0.15) is 10.4 Å². The molecule has 0 bridgehead atoms. The van der Waals surface area contributed by atoms with Gasteiger partial charge in [0.1, 0.15) is 0 Å². The van der Waals surface area contributed by atoms with Crippen LogP contribution in [0.15, 0.2) is 30.3 Å². The van der Waals surface area contributed by atoms with Crippen LogP contribution < -0.4 is 19.5 Å². The second-order valence-corrected chi connectivity index (χ2v) is 5.98. The fraction of sp³-hybridized carbons (Fsp3) is 0.222. The number of amides is 1. The van der Waals surface area contributed by atoms with Crippen LogP contribution in [0.25, 0.3) is 0 Å². The lowest BCUT2D eigenvalue weighted by molar-refractivity contribution is -0.119. The molecule has 2 rings (SSSR count). The predicted octanol–water partition coefficient (Wildman–Crippen LogP) is 3.81. The highest BCUT2D eigenvalue weighted by Gasteiger charge is 2.16. The second-order valence-electron chi connectivity index (χ2n) is 5.17. The minimum absolute atomic E-state index is 0.185. The van der Waals surface area contributed by atoms with E-state index in [0.717, 1.165) is 0 Å². The van der Waals surface area contributed by atoms with Crippen molar-refractivity contribution in [2.24, 2.45) is 0 Å². The van der Waals surface area contributed by atoms with Gasteiger partial charge < -0.3 is 24.3 Å². The Hall–Kier alpha value is -2.64. The van der Waals surface area contributed by atoms with Crippen molar-refractivity contribution in [1.29, 1.82) is 0 Å². The molecule has 0 fully saturated rings. The zero-order valence-corrected chi connectivity index (χ0v) is 16.3. The molecular weight excluding hydrogens is 397 g/mol. The van der Waals surface area contributed by atoms with Crippen molar-refractivity contribution in [3.05, 3.63) is 45.9 Å². The standard InChI is InChI=1S/C18H17Cl2NO6/c1-24-14-7-11(8-15(25-2)17(14)26-3)21-16(22)9-27-18(23)10-4-5-12(19)13(20)6-10/h4-8H,9H2,1-3H3,(H,21,22). The van der Waals surface area contributed by atoms with Crippen LogP contribution >= 0.6 is 23.2 Å². The van der Waals surface area contributed by atoms with Gasteiger partial charge in [0.25, 0.3) is 5.91 Å². The Morgan fingerprint density at radius 2 is 1.56 bits per heavy atom. The number of anilines is 1. The lowest BCUT2D eigenvalue weighted by atomic mass is 10.2. The quantitative estimate of drug-likeness (QED) is 0.694. The Kier molecular flexibility index (Phi) is 7.15. The molecule has 9 heteroatoms. The maximum absolute atomic E-state index is 12.1. The van der Waals surface area contributed by atoms with Crippen LogP contribution in [0.5, 0.6) is 17.2 Å². The molecule has 0 saturated heterocycles. The number of benzene rings is 2. The van der Waals surface area contributed by atoms with Crippen LogP contribution in [-0.4, -0.2) is 39.8 Å². The lowest BCUT2D eigenvalue weighted by Gasteiger charge is -2.14. The van der Waals surface area contributed by atoms with Crippen LogP contribution in [0.3, 0.4) is 0 Å². The van der Waals surface area contributed by atoms with Crippen molar-refractivity contribution in [1.82, 2.24) is 0 Å². The Balaban J connectivity index is 2.03. The summed E-state index contributed by atoms with van der Waals surface area (Å²) >= 11 is 11.7. The molecule has 2 aromatic rings. The maximum atomic E-state index is 12.1. The van der Waals surface area contributed by atoms with Gasteiger partial charge in [0.15, 0.2) is 18.1 Å². The Morgan fingerprint density at radius 1 is 0.926 bits per heavy atom. The van der Waals surface area contributed by atoms with Gasteiger partial charge in [-0.1, -0.05) is 23.2 Å². The molecule has 0 aliphatic carbocycles. The molecule has 144 valence electrons. The topological polar surface area (TPSA) is 83.1 Å². The van der Waals surface area contributed by atoms with Crippen LogP contribution in [0.4, 0.5) is 5.69 Å². The molecule has 0 unspecified atom stereocenters. The fourth-order valence-electron chi connectivity index (χ4n) is 2.19. The minimum Gasteiger partial charge on any atom is -0.493 e. The van der Waals surface area contributed by atoms with Crippen LogP contribution in [0, 0.1) is 0 Å². The number of halogens is 2. The second kappa shape index (κ2) is 9.34. The van der Waals surface area contributed by atoms with E-state index in [1.807, 2.05) is 0 Å². The van der Waals surface area contributed by atoms with E-state index in [2.05, 4.69) is 5.32 Å². The van der Waals surface area contributed by atoms with E-state index in [-0.39, 0.29) is 10.6 Å². The molecule has 0 aromatic heterocycles. The van der Waals surface area contributed by atoms with Gasteiger partial charge in [0.2, 0.25) is 5.75 Å². The number of nitrogens with one attached hydrogen (secondary N) is 1. The summed E-state index contributed by atoms with van der Waals surface area (Å²) < 4.78 is 20.6. The third-order valence-corrected chi connectivity index (χ3v) is 4.18. The first kappa shape index (κ1) is 20.7. The van der Waals surface area contributed by atoms with Gasteiger partial charge in [0, 0.05) is 17.8 Å². The van der Waals surface area contributed by atoms with Gasteiger partial charge in [0.05, 0.1) is 36.9 Å². The number of hydrogen-bond acceptors (Lipinski definition) is 6. The van der Waals surface area contributed by atoms with E-state index in [1.54, 1.807) is 12.1 Å². The molecular formula is C18H17Cl2NO6. The van der Waals surface area contributed by atoms with E-state index in [4.69, 9.17) is 42.1 Å². The summed E-state index contributed by atoms with van der Waals surface area (Å²) in [5.74, 6) is -0.102. The number of hydrogen-bond donors (Lipinski definition) is 1. The monoisotopic (exact) mass is 413 g/mol. The van der Waals surface area contributed by atoms with Gasteiger partial charge in [-0.15, -0.1) is 0 Å². The summed E-state index contributed by atoms with van der Waals surface area (Å²) in [6, 6.07) is 7.40. The number of methoxy groups -OCH3 is 3. The summed E-state index contributed by atoms with van der Waals surface area (Å²) in [6.45, 7) is -0.490. The van der Waals surface area contributed by atoms with Crippen LogP contribution in [0.2, 0.25) is 10.0 Å². The summed E-state index contributed by atoms with van der Waals surface area (Å²) in [5, 5.41) is 3.12. The number of rotatable bonds is 7. The largest absolute Gasteiger partial charge is 0.493 e. The average molecular weight is 414 g/mol. The van der Waals surface area contributed by atoms with Gasteiger partial charge in [-0.25, -0.2) is 4.79 Å². The first-order valence-electron chi connectivity index (χ1n) is 7.61. The van der Waals surface area contributed by atoms with Crippen molar-refractivity contribution in [2.45, 2.75) is 0 Å². The number of esters is 1. The molecule has 2 aromatic carbocycles. The van der Waals surface area contributed by atoms with Gasteiger partial charge in [-0.3, -0.25) is 4.79 Å². The molecule has 0 radical (unpaired) electrons. The van der Waals surface area contributed by atoms with E-state index in [0.29, 0.717) is 28.0 Å². The van der Waals surface area contributed by atoms with Crippen molar-refractivity contribution >= 4 is 40.8 Å².